The van der Waals surface area contributed by atoms with Crippen LogP contribution in [-0.4, -0.2) is 5.84 Å². The first-order chi connectivity index (χ1) is 29.5. The van der Waals surface area contributed by atoms with Gasteiger partial charge in [-0.3, -0.25) is 0 Å². The van der Waals surface area contributed by atoms with E-state index in [1.807, 2.05) is 11.3 Å². The minimum Gasteiger partial charge on any atom is -0.456 e. The average Bonchev–Trinajstić information content (AvgIpc) is 3.94. The van der Waals surface area contributed by atoms with Gasteiger partial charge in [0.15, 0.2) is 0 Å². The molecule has 0 amide bonds. The SMILES string of the molecule is CC1(C)c2ccccc2-c2ccc(N(c3ccccc3)c3cccc4oc5ccc(C6=Nc7c(sc8ccccc78)C(c7ccc(-c8ccccc8)cc7)N6)cc5c34)cc21. The van der Waals surface area contributed by atoms with E-state index in [1.165, 1.54) is 53.9 Å². The van der Waals surface area contributed by atoms with Crippen LogP contribution < -0.4 is 10.2 Å². The lowest BCUT2D eigenvalue weighted by Crippen LogP contribution is -2.32. The van der Waals surface area contributed by atoms with E-state index in [4.69, 9.17) is 9.41 Å². The molecule has 60 heavy (non-hydrogen) atoms. The van der Waals surface area contributed by atoms with Gasteiger partial charge in [0.1, 0.15) is 17.0 Å². The molecule has 5 heteroatoms. The molecule has 1 atom stereocenters. The molecule has 1 aliphatic carbocycles. The van der Waals surface area contributed by atoms with Crippen LogP contribution in [0.5, 0.6) is 0 Å². The Morgan fingerprint density at radius 3 is 2.13 bits per heavy atom. The molecule has 0 radical (unpaired) electrons. The number of fused-ring (bicyclic) bond motifs is 9. The Morgan fingerprint density at radius 2 is 1.28 bits per heavy atom. The Hall–Kier alpha value is -7.21. The van der Waals surface area contributed by atoms with Crippen molar-refractivity contribution in [1.29, 1.82) is 0 Å². The van der Waals surface area contributed by atoms with Crippen LogP contribution in [0.25, 0.3) is 54.3 Å². The molecule has 10 aromatic rings. The normalized spacial score (nSPS) is 15.0. The summed E-state index contributed by atoms with van der Waals surface area (Å²) in [4.78, 5) is 9.02. The lowest BCUT2D eigenvalue weighted by molar-refractivity contribution is 0.660. The number of para-hydroxylation sites is 1. The molecule has 2 aromatic heterocycles. The number of furan rings is 1. The van der Waals surface area contributed by atoms with Gasteiger partial charge >= 0.3 is 0 Å². The summed E-state index contributed by atoms with van der Waals surface area (Å²) in [6.45, 7) is 4.68. The van der Waals surface area contributed by atoms with Crippen LogP contribution in [-0.2, 0) is 5.41 Å². The fourth-order valence-electron chi connectivity index (χ4n) is 9.57. The topological polar surface area (TPSA) is 40.8 Å². The van der Waals surface area contributed by atoms with Gasteiger partial charge in [-0.25, -0.2) is 4.99 Å². The zero-order valence-electron chi connectivity index (χ0n) is 33.2. The van der Waals surface area contributed by atoms with E-state index in [1.54, 1.807) is 0 Å². The van der Waals surface area contributed by atoms with Gasteiger partial charge in [-0.1, -0.05) is 141 Å². The van der Waals surface area contributed by atoms with Gasteiger partial charge < -0.3 is 14.6 Å². The van der Waals surface area contributed by atoms with Crippen molar-refractivity contribution >= 4 is 71.9 Å². The standard InChI is InChI=1S/C55H39N3OS/c1-55(2)44-20-11-9-18-40(44)41-30-29-39(33-45(41)55)58(38-16-7-4-8-17-38)46-21-13-22-48-50(46)43-32-37(28-31-47(43)59-48)54-56-51(53-52(57-54)42-19-10-12-23-49(42)60-53)36-26-24-35(25-27-36)34-14-5-3-6-15-34/h3-33,51H,1-2H3,(H,56,57). The molecule has 2 aliphatic rings. The number of hydrogen-bond donors (Lipinski definition) is 1. The van der Waals surface area contributed by atoms with Gasteiger partial charge in [0.25, 0.3) is 0 Å². The third-order valence-corrected chi connectivity index (χ3v) is 13.8. The number of amidine groups is 1. The molecular formula is C55H39N3OS. The Bertz CT molecular complexity index is 3320. The Labute approximate surface area is 352 Å². The van der Waals surface area contributed by atoms with Crippen molar-refractivity contribution in [2.75, 3.05) is 4.90 Å². The number of hydrogen-bond acceptors (Lipinski definition) is 5. The first kappa shape index (κ1) is 34.8. The molecule has 1 unspecified atom stereocenters. The highest BCUT2D eigenvalue weighted by Crippen LogP contribution is 2.52. The van der Waals surface area contributed by atoms with Crippen LogP contribution in [0.4, 0.5) is 22.7 Å². The Morgan fingerprint density at radius 1 is 0.567 bits per heavy atom. The van der Waals surface area contributed by atoms with Gasteiger partial charge in [-0.2, -0.15) is 0 Å². The second-order valence-electron chi connectivity index (χ2n) is 16.4. The van der Waals surface area contributed by atoms with Crippen molar-refractivity contribution in [3.8, 4) is 22.3 Å². The molecule has 3 heterocycles. The predicted octanol–water partition coefficient (Wildman–Crippen LogP) is 15.0. The molecule has 8 aromatic carbocycles. The maximum Gasteiger partial charge on any atom is 0.137 e. The summed E-state index contributed by atoms with van der Waals surface area (Å²) in [6.07, 6.45) is 0. The number of nitrogens with one attached hydrogen (secondary N) is 1. The van der Waals surface area contributed by atoms with Gasteiger partial charge in [0, 0.05) is 37.8 Å². The molecule has 0 saturated heterocycles. The number of aliphatic imine (C=N–C) groups is 1. The van der Waals surface area contributed by atoms with E-state index in [0.29, 0.717) is 0 Å². The van der Waals surface area contributed by atoms with Crippen molar-refractivity contribution in [1.82, 2.24) is 5.32 Å². The fourth-order valence-corrected chi connectivity index (χ4v) is 10.8. The predicted molar refractivity (Wildman–Crippen MR) is 251 cm³/mol. The minimum atomic E-state index is -0.128. The van der Waals surface area contributed by atoms with E-state index >= 15 is 0 Å². The molecular weight excluding hydrogens is 751 g/mol. The summed E-state index contributed by atoms with van der Waals surface area (Å²) < 4.78 is 7.90. The quantitative estimate of drug-likeness (QED) is 0.182. The molecule has 4 nitrogen and oxygen atoms in total. The lowest BCUT2D eigenvalue weighted by Gasteiger charge is -2.28. The van der Waals surface area contributed by atoms with E-state index < -0.39 is 0 Å². The van der Waals surface area contributed by atoms with Crippen LogP contribution in [0, 0.1) is 0 Å². The third kappa shape index (κ3) is 5.39. The zero-order chi connectivity index (χ0) is 40.0. The van der Waals surface area contributed by atoms with Crippen molar-refractivity contribution in [3.05, 3.63) is 215 Å². The van der Waals surface area contributed by atoms with Gasteiger partial charge in [0.2, 0.25) is 0 Å². The monoisotopic (exact) mass is 789 g/mol. The lowest BCUT2D eigenvalue weighted by atomic mass is 9.82. The second kappa shape index (κ2) is 13.4. The number of rotatable bonds is 6. The minimum absolute atomic E-state index is 0.0640. The number of nitrogens with zero attached hydrogens (tertiary/aromatic N) is 2. The molecule has 0 bridgehead atoms. The van der Waals surface area contributed by atoms with Crippen LogP contribution in [0.15, 0.2) is 197 Å². The Balaban J connectivity index is 1.00. The summed E-state index contributed by atoms with van der Waals surface area (Å²) in [5.41, 5.74) is 15.8. The summed E-state index contributed by atoms with van der Waals surface area (Å²) >= 11 is 1.82. The summed E-state index contributed by atoms with van der Waals surface area (Å²) in [5.74, 6) is 0.845. The van der Waals surface area contributed by atoms with E-state index in [-0.39, 0.29) is 11.5 Å². The summed E-state index contributed by atoms with van der Waals surface area (Å²) in [6, 6.07) is 67.5. The van der Waals surface area contributed by atoms with Gasteiger partial charge in [-0.15, -0.1) is 11.3 Å². The average molecular weight is 790 g/mol. The van der Waals surface area contributed by atoms with E-state index in [9.17, 15) is 0 Å². The zero-order valence-corrected chi connectivity index (χ0v) is 34.0. The molecule has 0 spiro atoms. The summed E-state index contributed by atoms with van der Waals surface area (Å²) in [5, 5.41) is 7.20. The van der Waals surface area contributed by atoms with Crippen LogP contribution in [0.1, 0.15) is 47.0 Å². The van der Waals surface area contributed by atoms with Crippen LogP contribution >= 0.6 is 11.3 Å². The highest BCUT2D eigenvalue weighted by Gasteiger charge is 2.36. The smallest absolute Gasteiger partial charge is 0.137 e. The molecule has 286 valence electrons. The highest BCUT2D eigenvalue weighted by molar-refractivity contribution is 7.19. The van der Waals surface area contributed by atoms with Crippen molar-refractivity contribution in [2.45, 2.75) is 25.3 Å². The molecule has 1 N–H and O–H groups in total. The first-order valence-corrected chi connectivity index (χ1v) is 21.4. The molecule has 12 rings (SSSR count). The Kier molecular flexibility index (Phi) is 7.78. The second-order valence-corrected chi connectivity index (χ2v) is 17.5. The van der Waals surface area contributed by atoms with Gasteiger partial charge in [-0.05, 0) is 99.6 Å². The maximum absolute atomic E-state index is 6.66. The van der Waals surface area contributed by atoms with Crippen LogP contribution in [0.2, 0.25) is 0 Å². The highest BCUT2D eigenvalue weighted by atomic mass is 32.1. The molecule has 1 aliphatic heterocycles. The number of anilines is 3. The number of benzene rings is 8. The van der Waals surface area contributed by atoms with E-state index in [2.05, 4.69) is 212 Å². The fraction of sp³-hybridized carbons (Fsp3) is 0.0727. The van der Waals surface area contributed by atoms with Crippen molar-refractivity contribution < 1.29 is 4.42 Å². The summed E-state index contributed by atoms with van der Waals surface area (Å²) in [7, 11) is 0. The van der Waals surface area contributed by atoms with Crippen molar-refractivity contribution in [3.63, 3.8) is 0 Å². The number of thiophene rings is 1. The molecule has 0 fully saturated rings. The largest absolute Gasteiger partial charge is 0.456 e. The maximum atomic E-state index is 6.66. The van der Waals surface area contributed by atoms with Gasteiger partial charge in [0.05, 0.1) is 27.7 Å². The molecule has 0 saturated carbocycles. The van der Waals surface area contributed by atoms with Crippen molar-refractivity contribution in [2.24, 2.45) is 4.99 Å². The van der Waals surface area contributed by atoms with E-state index in [0.717, 1.165) is 56.1 Å². The van der Waals surface area contributed by atoms with Crippen LogP contribution in [0.3, 0.4) is 0 Å². The first-order valence-electron chi connectivity index (χ1n) is 20.6. The third-order valence-electron chi connectivity index (χ3n) is 12.5.